The third kappa shape index (κ3) is 2.23. The molecule has 0 saturated heterocycles. The maximum absolute atomic E-state index is 12.2. The quantitative estimate of drug-likeness (QED) is 0.683. The van der Waals surface area contributed by atoms with Crippen molar-refractivity contribution in [2.45, 2.75) is 19.3 Å². The maximum atomic E-state index is 12.2. The number of hydrogen-bond acceptors (Lipinski definition) is 4. The third-order valence-electron chi connectivity index (χ3n) is 3.56. The van der Waals surface area contributed by atoms with Gasteiger partial charge in [0, 0.05) is 10.8 Å². The lowest BCUT2D eigenvalue weighted by Gasteiger charge is -2.30. The highest BCUT2D eigenvalue weighted by Gasteiger charge is 2.29. The minimum Gasteiger partial charge on any atom is -0.506 e. The van der Waals surface area contributed by atoms with Crippen LogP contribution in [-0.2, 0) is 4.74 Å². The van der Waals surface area contributed by atoms with Crippen LogP contribution in [-0.4, -0.2) is 31.0 Å². The van der Waals surface area contributed by atoms with Gasteiger partial charge in [-0.1, -0.05) is 30.3 Å². The Hall–Kier alpha value is -2.43. The van der Waals surface area contributed by atoms with Gasteiger partial charge in [-0.15, -0.1) is 0 Å². The summed E-state index contributed by atoms with van der Waals surface area (Å²) in [4.78, 5) is 12.2. The molecule has 2 radical (unpaired) electrons. The highest BCUT2D eigenvalue weighted by molar-refractivity contribution is 6.17. The van der Waals surface area contributed by atoms with E-state index in [2.05, 4.69) is 0 Å². The van der Waals surface area contributed by atoms with Crippen molar-refractivity contribution in [1.82, 2.24) is 0 Å². The van der Waals surface area contributed by atoms with Crippen LogP contribution in [0.15, 0.2) is 30.3 Å². The summed E-state index contributed by atoms with van der Waals surface area (Å²) in [7, 11) is 6.00. The van der Waals surface area contributed by atoms with Gasteiger partial charge in [0.25, 0.3) is 0 Å². The topological polar surface area (TPSA) is 55.8 Å². The molecule has 1 unspecified atom stereocenters. The highest BCUT2D eigenvalue weighted by atomic mass is 16.5. The molecule has 0 bridgehead atoms. The molecule has 2 aromatic carbocycles. The summed E-state index contributed by atoms with van der Waals surface area (Å²) < 4.78 is 10.8. The Labute approximate surface area is 129 Å². The van der Waals surface area contributed by atoms with Gasteiger partial charge in [0.2, 0.25) is 0 Å². The smallest absolute Gasteiger partial charge is 0.342 e. The second kappa shape index (κ2) is 5.09. The predicted octanol–water partition coefficient (Wildman–Crippen LogP) is 3.01. The number of aromatic hydroxyl groups is 1. The Morgan fingerprint density at radius 3 is 2.73 bits per heavy atom. The van der Waals surface area contributed by atoms with E-state index in [1.807, 2.05) is 12.1 Å². The largest absolute Gasteiger partial charge is 0.506 e. The Balaban J connectivity index is 2.35. The molecule has 4 nitrogen and oxygen atoms in total. The van der Waals surface area contributed by atoms with Crippen LogP contribution in [0.5, 0.6) is 11.5 Å². The van der Waals surface area contributed by atoms with Crippen molar-refractivity contribution < 1.29 is 19.4 Å². The lowest BCUT2D eigenvalue weighted by atomic mass is 9.80. The van der Waals surface area contributed by atoms with Crippen molar-refractivity contribution in [2.75, 3.05) is 6.61 Å². The van der Waals surface area contributed by atoms with E-state index in [4.69, 9.17) is 17.3 Å². The second-order valence-electron chi connectivity index (χ2n) is 5.35. The fraction of sp³-hybridized carbons (Fsp3) is 0.235. The first-order chi connectivity index (χ1) is 10.4. The zero-order valence-corrected chi connectivity index (χ0v) is 12.4. The van der Waals surface area contributed by atoms with Crippen LogP contribution < -0.4 is 4.74 Å². The molecule has 0 aliphatic carbocycles. The molecule has 1 atom stereocenters. The summed E-state index contributed by atoms with van der Waals surface area (Å²) in [6, 6.07) is 7.20. The number of fused-ring (bicyclic) bond motifs is 3. The van der Waals surface area contributed by atoms with Gasteiger partial charge < -0.3 is 14.6 Å². The molecule has 1 aliphatic heterocycles. The third-order valence-corrected chi connectivity index (χ3v) is 3.56. The van der Waals surface area contributed by atoms with Gasteiger partial charge in [0.05, 0.1) is 17.7 Å². The number of phenolic OH excluding ortho intramolecular Hbond substituents is 1. The first kappa shape index (κ1) is 14.5. The summed E-state index contributed by atoms with van der Waals surface area (Å²) >= 11 is 0. The molecule has 110 valence electrons. The molecule has 3 rings (SSSR count). The average molecular weight is 294 g/mol. The van der Waals surface area contributed by atoms with Crippen molar-refractivity contribution in [2.24, 2.45) is 0 Å². The van der Waals surface area contributed by atoms with E-state index < -0.39 is 11.5 Å². The van der Waals surface area contributed by atoms with Gasteiger partial charge in [-0.2, -0.15) is 0 Å². The van der Waals surface area contributed by atoms with Crippen molar-refractivity contribution in [3.63, 3.8) is 0 Å². The number of rotatable bonds is 2. The molecule has 0 saturated carbocycles. The maximum Gasteiger partial charge on any atom is 0.342 e. The second-order valence-corrected chi connectivity index (χ2v) is 5.35. The molecule has 1 heterocycles. The zero-order valence-electron chi connectivity index (χ0n) is 12.4. The molecule has 5 heteroatoms. The predicted molar refractivity (Wildman–Crippen MR) is 85.4 cm³/mol. The van der Waals surface area contributed by atoms with E-state index >= 15 is 0 Å². The van der Waals surface area contributed by atoms with Crippen molar-refractivity contribution in [1.29, 1.82) is 0 Å². The average Bonchev–Trinajstić information content (AvgIpc) is 2.47. The van der Waals surface area contributed by atoms with Crippen molar-refractivity contribution >= 4 is 30.7 Å². The molecule has 0 spiro atoms. The molecule has 0 aromatic heterocycles. The minimum atomic E-state index is -0.965. The van der Waals surface area contributed by atoms with E-state index in [0.29, 0.717) is 22.1 Å². The van der Waals surface area contributed by atoms with Gasteiger partial charge in [-0.25, -0.2) is 4.79 Å². The van der Waals surface area contributed by atoms with E-state index in [1.165, 1.54) is 0 Å². The first-order valence-corrected chi connectivity index (χ1v) is 7.06. The summed E-state index contributed by atoms with van der Waals surface area (Å²) in [5, 5.41) is 11.8. The van der Waals surface area contributed by atoms with Crippen LogP contribution in [0.3, 0.4) is 0 Å². The Bertz CT molecular complexity index is 793. The van der Waals surface area contributed by atoms with Crippen LogP contribution >= 0.6 is 0 Å². The summed E-state index contributed by atoms with van der Waals surface area (Å²) in [5.41, 5.74) is -0.386. The number of hydrogen-bond donors (Lipinski definition) is 1. The molecular weight excluding hydrogens is 279 g/mol. The number of carbonyl (C=O) groups excluding carboxylic acids is 1. The van der Waals surface area contributed by atoms with Crippen molar-refractivity contribution in [3.8, 4) is 11.5 Å². The Morgan fingerprint density at radius 1 is 1.36 bits per heavy atom. The van der Waals surface area contributed by atoms with Crippen LogP contribution in [0.25, 0.3) is 16.8 Å². The summed E-state index contributed by atoms with van der Waals surface area (Å²) in [5.74, 6) is -0.249. The summed E-state index contributed by atoms with van der Waals surface area (Å²) in [6.45, 7) is 3.67. The fourth-order valence-corrected chi connectivity index (χ4v) is 2.59. The van der Waals surface area contributed by atoms with Gasteiger partial charge in [-0.3, -0.25) is 0 Å². The SMILES string of the molecule is [B]C1(C)C=Cc2c(O)c(C(=O)OCC)c3ccccc3c2O1. The number of ether oxygens (including phenoxy) is 2. The van der Waals surface area contributed by atoms with E-state index in [0.717, 1.165) is 0 Å². The summed E-state index contributed by atoms with van der Waals surface area (Å²) in [6.07, 6.45) is 3.31. The van der Waals surface area contributed by atoms with E-state index in [1.54, 1.807) is 38.1 Å². The van der Waals surface area contributed by atoms with E-state index in [-0.39, 0.29) is 17.9 Å². The van der Waals surface area contributed by atoms with Crippen LogP contribution in [0.4, 0.5) is 0 Å². The first-order valence-electron chi connectivity index (χ1n) is 7.06. The number of carbonyl (C=O) groups is 1. The van der Waals surface area contributed by atoms with Gasteiger partial charge >= 0.3 is 5.97 Å². The number of esters is 1. The number of phenols is 1. The molecule has 0 amide bonds. The Kier molecular flexibility index (Phi) is 3.36. The Morgan fingerprint density at radius 2 is 2.05 bits per heavy atom. The van der Waals surface area contributed by atoms with E-state index in [9.17, 15) is 9.90 Å². The normalized spacial score (nSPS) is 19.5. The van der Waals surface area contributed by atoms with Crippen LogP contribution in [0, 0.1) is 0 Å². The molecule has 2 aromatic rings. The highest BCUT2D eigenvalue weighted by Crippen LogP contribution is 2.44. The fourth-order valence-electron chi connectivity index (χ4n) is 2.59. The molecule has 0 fully saturated rings. The lowest BCUT2D eigenvalue weighted by Crippen LogP contribution is -2.32. The molecule has 22 heavy (non-hydrogen) atoms. The zero-order chi connectivity index (χ0) is 15.9. The monoisotopic (exact) mass is 294 g/mol. The molecule has 1 N–H and O–H groups in total. The van der Waals surface area contributed by atoms with Crippen LogP contribution in [0.1, 0.15) is 29.8 Å². The van der Waals surface area contributed by atoms with Crippen LogP contribution in [0.2, 0.25) is 0 Å². The standard InChI is InChI=1S/C17H15BO4/c1-3-21-16(20)13-10-6-4-5-7-11(10)15-12(14(13)19)8-9-17(2,18)22-15/h4-9,19H,3H2,1-2H3. The van der Waals surface area contributed by atoms with Gasteiger partial charge in [0.15, 0.2) is 0 Å². The van der Waals surface area contributed by atoms with Gasteiger partial charge in [-0.05, 0) is 19.9 Å². The van der Waals surface area contributed by atoms with Crippen molar-refractivity contribution in [3.05, 3.63) is 41.5 Å². The molecular formula is C17H15BO4. The van der Waals surface area contributed by atoms with Gasteiger partial charge in [0.1, 0.15) is 24.9 Å². The molecule has 1 aliphatic rings. The lowest BCUT2D eigenvalue weighted by molar-refractivity contribution is 0.0525. The minimum absolute atomic E-state index is 0.144. The number of benzene rings is 2.